The van der Waals surface area contributed by atoms with E-state index in [0.717, 1.165) is 21.6 Å². The quantitative estimate of drug-likeness (QED) is 0.0742. The third-order valence-electron chi connectivity index (χ3n) is 3.08. The van der Waals surface area contributed by atoms with Crippen molar-refractivity contribution in [2.45, 2.75) is 24.2 Å². The molecule has 4 N–H and O–H groups in total. The molecule has 6 atom stereocenters. The Balaban J connectivity index is 5.09. The first-order valence-corrected chi connectivity index (χ1v) is 12.4. The van der Waals surface area contributed by atoms with Gasteiger partial charge in [-0.25, -0.2) is 17.0 Å². The van der Waals surface area contributed by atoms with Gasteiger partial charge in [0.25, 0.3) is 0 Å². The Morgan fingerprint density at radius 2 is 1.00 bits per heavy atom. The van der Waals surface area contributed by atoms with E-state index in [2.05, 4.69) is 48.7 Å². The normalized spacial score (nSPS) is 16.2. The first-order valence-electron chi connectivity index (χ1n) is 7.39. The summed E-state index contributed by atoms with van der Waals surface area (Å²) in [6.07, 6.45) is 0. The van der Waals surface area contributed by atoms with E-state index in [9.17, 15) is 8.42 Å². The van der Waals surface area contributed by atoms with Crippen molar-refractivity contribution in [3.63, 3.8) is 0 Å². The van der Waals surface area contributed by atoms with E-state index >= 15 is 0 Å². The molecule has 0 spiro atoms. The highest BCUT2D eigenvalue weighted by molar-refractivity contribution is 8.76. The lowest BCUT2D eigenvalue weighted by atomic mass is 10.2. The summed E-state index contributed by atoms with van der Waals surface area (Å²) < 4.78 is 31.2. The fourth-order valence-electron chi connectivity index (χ4n) is 1.74. The predicted octanol–water partition coefficient (Wildman–Crippen LogP) is 2.19. The standard InChI is InChI=1S/C8H16N14O4S4/c9-19-15-5(7(17-21-11)3-29(23)25-13)1-27-28-2-6(16-20-10)8(18-22-12)4-30(24)26-14/h5-8H,1-4,13-14H2. The third kappa shape index (κ3) is 11.9. The highest BCUT2D eigenvalue weighted by Gasteiger charge is 2.25. The fraction of sp³-hybridized carbons (Fsp3) is 1.00. The number of azide groups is 4. The molecular weight excluding hydrogens is 484 g/mol. The van der Waals surface area contributed by atoms with Gasteiger partial charge < -0.3 is 0 Å². The zero-order valence-corrected chi connectivity index (χ0v) is 18.2. The van der Waals surface area contributed by atoms with Gasteiger partial charge in [-0.05, 0) is 22.1 Å². The van der Waals surface area contributed by atoms with E-state index < -0.39 is 46.3 Å². The second kappa shape index (κ2) is 17.9. The average molecular weight is 501 g/mol. The van der Waals surface area contributed by atoms with Gasteiger partial charge in [0.1, 0.15) is 0 Å². The molecule has 166 valence electrons. The van der Waals surface area contributed by atoms with Gasteiger partial charge in [0.05, 0.1) is 35.7 Å². The maximum Gasteiger partial charge on any atom is 0.173 e. The molecule has 0 heterocycles. The molecule has 0 aromatic carbocycles. The molecule has 0 aliphatic heterocycles. The van der Waals surface area contributed by atoms with E-state index in [0.29, 0.717) is 0 Å². The molecule has 0 radical (unpaired) electrons. The SMILES string of the molecule is [N-]=[N+]=NC(CSSCC(N=[N+]=[N-])C(CS(=O)ON)N=[N+]=[N-])C(CS(=O)ON)N=[N+]=[N-]. The van der Waals surface area contributed by atoms with Crippen LogP contribution < -0.4 is 11.8 Å². The first kappa shape index (κ1) is 28.1. The number of hydrogen-bond donors (Lipinski definition) is 2. The summed E-state index contributed by atoms with van der Waals surface area (Å²) in [5, 5.41) is 14.0. The molecule has 0 aromatic rings. The summed E-state index contributed by atoms with van der Waals surface area (Å²) in [7, 11) is 2.30. The van der Waals surface area contributed by atoms with Crippen LogP contribution >= 0.6 is 21.6 Å². The van der Waals surface area contributed by atoms with Crippen molar-refractivity contribution in [3.05, 3.63) is 41.8 Å². The molecule has 6 unspecified atom stereocenters. The molecule has 22 heteroatoms. The molecule has 30 heavy (non-hydrogen) atoms. The Hall–Kier alpha value is -1.92. The fourth-order valence-corrected chi connectivity index (χ4v) is 5.50. The third-order valence-corrected chi connectivity index (χ3v) is 7.17. The Morgan fingerprint density at radius 1 is 0.700 bits per heavy atom. The molecule has 0 aliphatic carbocycles. The molecule has 0 bridgehead atoms. The largest absolute Gasteiger partial charge is 0.228 e. The van der Waals surface area contributed by atoms with Crippen molar-refractivity contribution in [2.75, 3.05) is 23.0 Å². The van der Waals surface area contributed by atoms with Crippen LogP contribution in [0.2, 0.25) is 0 Å². The van der Waals surface area contributed by atoms with E-state index in [1.165, 1.54) is 0 Å². The maximum absolute atomic E-state index is 11.4. The molecular formula is C8H16N14O4S4. The van der Waals surface area contributed by atoms with Crippen molar-refractivity contribution in [3.8, 4) is 0 Å². The molecule has 18 nitrogen and oxygen atoms in total. The van der Waals surface area contributed by atoms with Crippen molar-refractivity contribution in [1.82, 2.24) is 0 Å². The van der Waals surface area contributed by atoms with Gasteiger partial charge in [0.15, 0.2) is 22.2 Å². The van der Waals surface area contributed by atoms with Crippen LogP contribution in [0.15, 0.2) is 20.5 Å². The van der Waals surface area contributed by atoms with Crippen LogP contribution in [0, 0.1) is 0 Å². The van der Waals surface area contributed by atoms with Crippen molar-refractivity contribution in [2.24, 2.45) is 32.3 Å². The number of nitrogens with zero attached hydrogens (tertiary/aromatic N) is 12. The lowest BCUT2D eigenvalue weighted by Gasteiger charge is -2.19. The zero-order chi connectivity index (χ0) is 22.8. The van der Waals surface area contributed by atoms with E-state index in [-0.39, 0.29) is 23.0 Å². The van der Waals surface area contributed by atoms with Crippen molar-refractivity contribution >= 4 is 43.7 Å². The predicted molar refractivity (Wildman–Crippen MR) is 113 cm³/mol. The van der Waals surface area contributed by atoms with E-state index in [4.69, 9.17) is 33.9 Å². The molecule has 0 saturated carbocycles. The maximum atomic E-state index is 11.4. The minimum atomic E-state index is -1.95. The van der Waals surface area contributed by atoms with Gasteiger partial charge in [0.2, 0.25) is 0 Å². The van der Waals surface area contributed by atoms with Gasteiger partial charge in [-0.1, -0.05) is 42.0 Å². The highest BCUT2D eigenvalue weighted by atomic mass is 33.1. The van der Waals surface area contributed by atoms with Crippen LogP contribution in [0.4, 0.5) is 0 Å². The minimum Gasteiger partial charge on any atom is -0.228 e. The van der Waals surface area contributed by atoms with Crippen LogP contribution in [0.5, 0.6) is 0 Å². The Kier molecular flexibility index (Phi) is 16.8. The van der Waals surface area contributed by atoms with Gasteiger partial charge in [-0.3, -0.25) is 0 Å². The zero-order valence-electron chi connectivity index (χ0n) is 14.9. The Bertz CT molecular complexity index is 710. The second-order valence-corrected chi connectivity index (χ2v) is 9.61. The van der Waals surface area contributed by atoms with Crippen LogP contribution in [0.1, 0.15) is 0 Å². The van der Waals surface area contributed by atoms with E-state index in [1.54, 1.807) is 0 Å². The summed E-state index contributed by atoms with van der Waals surface area (Å²) in [5.74, 6) is 9.28. The molecule has 0 fully saturated rings. The van der Waals surface area contributed by atoms with E-state index in [1.807, 2.05) is 0 Å². The van der Waals surface area contributed by atoms with Crippen LogP contribution in [-0.2, 0) is 30.7 Å². The summed E-state index contributed by atoms with van der Waals surface area (Å²) >= 11 is -3.91. The lowest BCUT2D eigenvalue weighted by Crippen LogP contribution is -2.31. The Labute approximate surface area is 181 Å². The molecule has 0 rings (SSSR count). The number of hydrogen-bond acceptors (Lipinski definition) is 12. The summed E-state index contributed by atoms with van der Waals surface area (Å²) in [4.78, 5) is 10.6. The van der Waals surface area contributed by atoms with Gasteiger partial charge >= 0.3 is 0 Å². The average Bonchev–Trinajstić information content (AvgIpc) is 2.74. The highest BCUT2D eigenvalue weighted by Crippen LogP contribution is 2.28. The van der Waals surface area contributed by atoms with Gasteiger partial charge in [-0.2, -0.15) is 11.8 Å². The monoisotopic (exact) mass is 500 g/mol. The van der Waals surface area contributed by atoms with Crippen LogP contribution in [-0.4, -0.2) is 55.6 Å². The number of nitrogens with two attached hydrogens (primary N) is 2. The molecule has 0 aromatic heterocycles. The molecule has 0 aliphatic rings. The number of rotatable bonds is 17. The van der Waals surface area contributed by atoms with Crippen LogP contribution in [0.25, 0.3) is 41.8 Å². The topological polar surface area (TPSA) is 300 Å². The smallest absolute Gasteiger partial charge is 0.173 e. The van der Waals surface area contributed by atoms with Crippen molar-refractivity contribution < 1.29 is 17.0 Å². The molecule has 0 amide bonds. The van der Waals surface area contributed by atoms with Gasteiger partial charge in [0, 0.05) is 31.2 Å². The minimum absolute atomic E-state index is 0.118. The summed E-state index contributed by atoms with van der Waals surface area (Å²) in [5.41, 5.74) is 34.8. The summed E-state index contributed by atoms with van der Waals surface area (Å²) in [6, 6.07) is -3.74. The Morgan fingerprint density at radius 3 is 1.27 bits per heavy atom. The lowest BCUT2D eigenvalue weighted by molar-refractivity contribution is 0.363. The first-order chi connectivity index (χ1) is 14.5. The van der Waals surface area contributed by atoms with Crippen molar-refractivity contribution in [1.29, 1.82) is 0 Å². The molecule has 0 saturated heterocycles. The van der Waals surface area contributed by atoms with Gasteiger partial charge in [-0.15, -0.1) is 0 Å². The van der Waals surface area contributed by atoms with Crippen LogP contribution in [0.3, 0.4) is 0 Å². The summed E-state index contributed by atoms with van der Waals surface area (Å²) in [6.45, 7) is 0. The second-order valence-electron chi connectivity index (χ2n) is 4.79.